The predicted octanol–water partition coefficient (Wildman–Crippen LogP) is 4.19. The minimum atomic E-state index is -0.664. The number of fused-ring (bicyclic) bond motifs is 1. The minimum Gasteiger partial charge on any atom is -0.312 e. The van der Waals surface area contributed by atoms with Crippen LogP contribution in [0.1, 0.15) is 10.4 Å². The Hall–Kier alpha value is -2.77. The van der Waals surface area contributed by atoms with Crippen molar-refractivity contribution in [1.29, 1.82) is 0 Å². The van der Waals surface area contributed by atoms with Gasteiger partial charge in [0.2, 0.25) is 0 Å². The summed E-state index contributed by atoms with van der Waals surface area (Å²) in [5.41, 5.74) is 0.548. The van der Waals surface area contributed by atoms with E-state index in [0.29, 0.717) is 16.4 Å². The Morgan fingerprint density at radius 1 is 1.36 bits per heavy atom. The lowest BCUT2D eigenvalue weighted by Crippen LogP contribution is -2.16. The van der Waals surface area contributed by atoms with Gasteiger partial charge in [-0.3, -0.25) is 14.9 Å². The Morgan fingerprint density at radius 2 is 2.12 bits per heavy atom. The molecule has 126 valence electrons. The van der Waals surface area contributed by atoms with Crippen LogP contribution in [0.3, 0.4) is 0 Å². The largest absolute Gasteiger partial charge is 0.312 e. The van der Waals surface area contributed by atoms with E-state index in [4.69, 9.17) is 11.6 Å². The van der Waals surface area contributed by atoms with Crippen molar-refractivity contribution in [2.45, 2.75) is 6.54 Å². The summed E-state index contributed by atoms with van der Waals surface area (Å²) in [5, 5.41) is 11.7. The molecule has 1 aromatic heterocycles. The van der Waals surface area contributed by atoms with Gasteiger partial charge in [-0.2, -0.15) is 4.99 Å². The summed E-state index contributed by atoms with van der Waals surface area (Å²) in [4.78, 5) is 27.6. The van der Waals surface area contributed by atoms with Crippen molar-refractivity contribution in [1.82, 2.24) is 4.57 Å². The quantitative estimate of drug-likeness (QED) is 0.391. The number of nitro groups is 1. The van der Waals surface area contributed by atoms with Gasteiger partial charge in [0.1, 0.15) is 5.56 Å². The van der Waals surface area contributed by atoms with Crippen LogP contribution in [0.2, 0.25) is 5.02 Å². The van der Waals surface area contributed by atoms with E-state index in [-0.39, 0.29) is 11.3 Å². The molecule has 0 aliphatic carbocycles. The zero-order chi connectivity index (χ0) is 18.0. The van der Waals surface area contributed by atoms with Crippen molar-refractivity contribution in [2.24, 2.45) is 4.99 Å². The summed E-state index contributed by atoms with van der Waals surface area (Å²) < 4.78 is 2.68. The fourth-order valence-corrected chi connectivity index (χ4v) is 3.71. The van der Waals surface area contributed by atoms with Crippen LogP contribution in [0.5, 0.6) is 0 Å². The molecule has 0 aliphatic heterocycles. The van der Waals surface area contributed by atoms with Crippen molar-refractivity contribution >= 4 is 44.7 Å². The van der Waals surface area contributed by atoms with E-state index in [0.717, 1.165) is 10.2 Å². The highest BCUT2D eigenvalue weighted by Gasteiger charge is 2.19. The monoisotopic (exact) mass is 373 g/mol. The van der Waals surface area contributed by atoms with E-state index in [2.05, 4.69) is 11.6 Å². The van der Waals surface area contributed by atoms with Crippen molar-refractivity contribution in [2.75, 3.05) is 0 Å². The van der Waals surface area contributed by atoms with E-state index in [1.165, 1.54) is 29.5 Å². The number of carbonyl (C=O) groups excluding carboxylic acids is 1. The molecule has 0 N–H and O–H groups in total. The van der Waals surface area contributed by atoms with Crippen LogP contribution in [-0.2, 0) is 6.54 Å². The van der Waals surface area contributed by atoms with Gasteiger partial charge in [0.05, 0.1) is 15.1 Å². The maximum absolute atomic E-state index is 12.5. The van der Waals surface area contributed by atoms with Crippen LogP contribution in [0.25, 0.3) is 10.2 Å². The summed E-state index contributed by atoms with van der Waals surface area (Å²) in [6.45, 7) is 4.17. The third-order valence-corrected chi connectivity index (χ3v) is 4.76. The normalized spacial score (nSPS) is 11.6. The van der Waals surface area contributed by atoms with Crippen molar-refractivity contribution < 1.29 is 9.72 Å². The molecule has 0 aliphatic rings. The number of nitrogens with zero attached hydrogens (tertiary/aromatic N) is 3. The summed E-state index contributed by atoms with van der Waals surface area (Å²) in [6, 6.07) is 11.1. The molecule has 0 saturated carbocycles. The highest BCUT2D eigenvalue weighted by molar-refractivity contribution is 7.16. The molecular weight excluding hydrogens is 362 g/mol. The second kappa shape index (κ2) is 7.00. The van der Waals surface area contributed by atoms with E-state index < -0.39 is 10.8 Å². The Morgan fingerprint density at radius 3 is 2.84 bits per heavy atom. The van der Waals surface area contributed by atoms with Crippen LogP contribution in [0, 0.1) is 10.1 Å². The van der Waals surface area contributed by atoms with E-state index >= 15 is 0 Å². The molecule has 0 atom stereocenters. The highest BCUT2D eigenvalue weighted by Crippen LogP contribution is 2.23. The Balaban J connectivity index is 2.18. The number of carbonyl (C=O) groups is 1. The zero-order valence-corrected chi connectivity index (χ0v) is 14.5. The molecule has 0 unspecified atom stereocenters. The Labute approximate surface area is 151 Å². The van der Waals surface area contributed by atoms with Crippen LogP contribution >= 0.6 is 22.9 Å². The number of amides is 1. The first kappa shape index (κ1) is 17.1. The number of hydrogen-bond acceptors (Lipinski definition) is 4. The number of hydrogen-bond donors (Lipinski definition) is 0. The first-order chi connectivity index (χ1) is 12.0. The topological polar surface area (TPSA) is 77.5 Å². The minimum absolute atomic E-state index is 0.0480. The third kappa shape index (κ3) is 3.38. The number of nitro benzene ring substituents is 1. The van der Waals surface area contributed by atoms with E-state index in [1.54, 1.807) is 24.3 Å². The molecule has 3 rings (SSSR count). The van der Waals surface area contributed by atoms with Gasteiger partial charge in [0.15, 0.2) is 4.80 Å². The Bertz CT molecular complexity index is 1070. The maximum atomic E-state index is 12.5. The number of allylic oxidation sites excluding steroid dienone is 1. The molecule has 6 nitrogen and oxygen atoms in total. The van der Waals surface area contributed by atoms with Gasteiger partial charge in [0, 0.05) is 17.6 Å². The molecule has 8 heteroatoms. The second-order valence-electron chi connectivity index (χ2n) is 5.09. The molecule has 0 bridgehead atoms. The fourth-order valence-electron chi connectivity index (χ4n) is 2.40. The van der Waals surface area contributed by atoms with Gasteiger partial charge >= 0.3 is 0 Å². The number of benzene rings is 2. The van der Waals surface area contributed by atoms with Crippen LogP contribution in [-0.4, -0.2) is 15.4 Å². The summed E-state index contributed by atoms with van der Waals surface area (Å²) >= 11 is 7.31. The molecule has 0 spiro atoms. The molecule has 0 radical (unpaired) electrons. The van der Waals surface area contributed by atoms with Gasteiger partial charge < -0.3 is 4.57 Å². The average Bonchev–Trinajstić information content (AvgIpc) is 2.91. The number of para-hydroxylation sites is 1. The first-order valence-electron chi connectivity index (χ1n) is 7.23. The first-order valence-corrected chi connectivity index (χ1v) is 8.43. The van der Waals surface area contributed by atoms with Gasteiger partial charge in [-0.15, -0.1) is 6.58 Å². The fraction of sp³-hybridized carbons (Fsp3) is 0.0588. The molecule has 1 heterocycles. The maximum Gasteiger partial charge on any atom is 0.286 e. The third-order valence-electron chi connectivity index (χ3n) is 3.48. The van der Waals surface area contributed by atoms with Gasteiger partial charge in [-0.25, -0.2) is 0 Å². The Kier molecular flexibility index (Phi) is 4.78. The average molecular weight is 374 g/mol. The lowest BCUT2D eigenvalue weighted by molar-refractivity contribution is -0.385. The molecule has 2 aromatic carbocycles. The summed E-state index contributed by atoms with van der Waals surface area (Å²) in [5.74, 6) is -0.664. The SMILES string of the molecule is C=CCn1c(=NC(=O)c2ccccc2[N+](=O)[O-])sc2cc(Cl)ccc21. The van der Waals surface area contributed by atoms with Crippen LogP contribution < -0.4 is 4.80 Å². The number of rotatable bonds is 4. The molecule has 0 fully saturated rings. The van der Waals surface area contributed by atoms with Crippen molar-refractivity contribution in [3.63, 3.8) is 0 Å². The lowest BCUT2D eigenvalue weighted by Gasteiger charge is -2.01. The van der Waals surface area contributed by atoms with Gasteiger partial charge in [-0.1, -0.05) is 41.1 Å². The molecular formula is C17H12ClN3O3S. The van der Waals surface area contributed by atoms with E-state index in [9.17, 15) is 14.9 Å². The predicted molar refractivity (Wildman–Crippen MR) is 98.0 cm³/mol. The molecule has 0 saturated heterocycles. The van der Waals surface area contributed by atoms with E-state index in [1.807, 2.05) is 10.6 Å². The van der Waals surface area contributed by atoms with Gasteiger partial charge in [0.25, 0.3) is 11.6 Å². The number of thiazole rings is 1. The second-order valence-corrected chi connectivity index (χ2v) is 6.53. The standard InChI is InChI=1S/C17H12ClN3O3S/c1-2-9-20-14-8-7-11(18)10-15(14)25-17(20)19-16(22)12-5-3-4-6-13(12)21(23)24/h2-8,10H,1,9H2. The van der Waals surface area contributed by atoms with Gasteiger partial charge in [-0.05, 0) is 24.3 Å². The number of aromatic nitrogens is 1. The lowest BCUT2D eigenvalue weighted by atomic mass is 10.2. The number of halogens is 1. The smallest absolute Gasteiger partial charge is 0.286 e. The van der Waals surface area contributed by atoms with Crippen molar-refractivity contribution in [3.8, 4) is 0 Å². The van der Waals surface area contributed by atoms with Crippen LogP contribution in [0.15, 0.2) is 60.1 Å². The molecule has 3 aromatic rings. The highest BCUT2D eigenvalue weighted by atomic mass is 35.5. The zero-order valence-electron chi connectivity index (χ0n) is 12.9. The summed E-state index contributed by atoms with van der Waals surface area (Å²) in [6.07, 6.45) is 1.69. The molecule has 1 amide bonds. The van der Waals surface area contributed by atoms with Crippen LogP contribution in [0.4, 0.5) is 5.69 Å². The van der Waals surface area contributed by atoms with Crippen molar-refractivity contribution in [3.05, 3.63) is 80.6 Å². The molecule has 25 heavy (non-hydrogen) atoms. The summed E-state index contributed by atoms with van der Waals surface area (Å²) in [7, 11) is 0.